The Morgan fingerprint density at radius 3 is 2.92 bits per heavy atom. The first-order valence-corrected chi connectivity index (χ1v) is 5.77. The van der Waals surface area contributed by atoms with Crippen LogP contribution in [0.1, 0.15) is 19.8 Å². The van der Waals surface area contributed by atoms with Crippen LogP contribution in [-0.4, -0.2) is 25.1 Å². The molecule has 0 radical (unpaired) electrons. The molecule has 0 aliphatic rings. The maximum atomic E-state index is 8.28. The molecule has 1 atom stereocenters. The van der Waals surface area contributed by atoms with Crippen LogP contribution in [0.5, 0.6) is 0 Å². The smallest absolute Gasteiger partial charge is 0.0622 e. The van der Waals surface area contributed by atoms with Crippen molar-refractivity contribution in [2.24, 2.45) is 5.92 Å². The summed E-state index contributed by atoms with van der Waals surface area (Å²) < 4.78 is 0. The molecule has 1 unspecified atom stereocenters. The van der Waals surface area contributed by atoms with E-state index in [4.69, 9.17) is 5.26 Å². The van der Waals surface area contributed by atoms with Crippen molar-refractivity contribution in [3.05, 3.63) is 0 Å². The van der Waals surface area contributed by atoms with Crippen molar-refractivity contribution in [3.8, 4) is 6.07 Å². The zero-order chi connectivity index (χ0) is 9.23. The summed E-state index contributed by atoms with van der Waals surface area (Å²) >= 11 is 1.89. The number of nitrogens with one attached hydrogen (secondary N) is 1. The molecule has 3 heteroatoms. The molecule has 0 aromatic carbocycles. The number of rotatable bonds is 7. The quantitative estimate of drug-likeness (QED) is 0.617. The molecule has 0 heterocycles. The average molecular weight is 186 g/mol. The number of unbranched alkanes of at least 4 members (excludes halogenated alkanes) is 1. The van der Waals surface area contributed by atoms with E-state index in [9.17, 15) is 0 Å². The lowest BCUT2D eigenvalue weighted by molar-refractivity contribution is 0.552. The Kier molecular flexibility index (Phi) is 8.74. The minimum atomic E-state index is 0.671. The number of nitriles is 1. The first-order valence-electron chi connectivity index (χ1n) is 4.38. The standard InChI is InChI=1S/C9H18N2S/c1-9(8-12-2)7-11-6-4-3-5-10/h9,11H,3-4,6-8H2,1-2H3. The van der Waals surface area contributed by atoms with Crippen molar-refractivity contribution < 1.29 is 0 Å². The third-order valence-electron chi connectivity index (χ3n) is 1.59. The fourth-order valence-electron chi connectivity index (χ4n) is 0.984. The molecule has 0 aromatic heterocycles. The second kappa shape index (κ2) is 8.89. The molecule has 0 spiro atoms. The van der Waals surface area contributed by atoms with Crippen molar-refractivity contribution >= 4 is 11.8 Å². The number of nitrogens with zero attached hydrogens (tertiary/aromatic N) is 1. The Hall–Kier alpha value is -0.200. The van der Waals surface area contributed by atoms with Gasteiger partial charge < -0.3 is 5.32 Å². The Labute approximate surface area is 79.7 Å². The molecule has 1 N–H and O–H groups in total. The summed E-state index contributed by atoms with van der Waals surface area (Å²) in [6, 6.07) is 2.14. The molecule has 12 heavy (non-hydrogen) atoms. The monoisotopic (exact) mass is 186 g/mol. The summed E-state index contributed by atoms with van der Waals surface area (Å²) in [4.78, 5) is 0. The van der Waals surface area contributed by atoms with E-state index in [1.807, 2.05) is 11.8 Å². The second-order valence-electron chi connectivity index (χ2n) is 3.03. The van der Waals surface area contributed by atoms with Gasteiger partial charge in [0.2, 0.25) is 0 Å². The van der Waals surface area contributed by atoms with E-state index >= 15 is 0 Å². The summed E-state index contributed by atoms with van der Waals surface area (Å²) in [7, 11) is 0. The second-order valence-corrected chi connectivity index (χ2v) is 3.94. The van der Waals surface area contributed by atoms with Gasteiger partial charge in [-0.15, -0.1) is 0 Å². The van der Waals surface area contributed by atoms with Gasteiger partial charge >= 0.3 is 0 Å². The average Bonchev–Trinajstić information content (AvgIpc) is 2.05. The van der Waals surface area contributed by atoms with Crippen LogP contribution < -0.4 is 5.32 Å². The summed E-state index contributed by atoms with van der Waals surface area (Å²) in [5, 5.41) is 11.6. The SMILES string of the molecule is CSCC(C)CNCCCC#N. The topological polar surface area (TPSA) is 35.8 Å². The number of thioether (sulfide) groups is 1. The van der Waals surface area contributed by atoms with Crippen LogP contribution in [0.3, 0.4) is 0 Å². The van der Waals surface area contributed by atoms with Gasteiger partial charge in [-0.1, -0.05) is 6.92 Å². The van der Waals surface area contributed by atoms with E-state index in [2.05, 4.69) is 24.6 Å². The fourth-order valence-corrected chi connectivity index (χ4v) is 1.67. The number of hydrogen-bond acceptors (Lipinski definition) is 3. The van der Waals surface area contributed by atoms with Gasteiger partial charge in [0.1, 0.15) is 0 Å². The van der Waals surface area contributed by atoms with E-state index in [-0.39, 0.29) is 0 Å². The molecular weight excluding hydrogens is 168 g/mol. The zero-order valence-electron chi connectivity index (χ0n) is 7.97. The van der Waals surface area contributed by atoms with Crippen molar-refractivity contribution in [1.82, 2.24) is 5.32 Å². The lowest BCUT2D eigenvalue weighted by atomic mass is 10.2. The highest BCUT2D eigenvalue weighted by Crippen LogP contribution is 2.02. The van der Waals surface area contributed by atoms with E-state index in [0.29, 0.717) is 6.42 Å². The molecule has 0 bridgehead atoms. The molecule has 0 amide bonds. The van der Waals surface area contributed by atoms with Crippen molar-refractivity contribution in [2.75, 3.05) is 25.1 Å². The lowest BCUT2D eigenvalue weighted by Gasteiger charge is -2.09. The fraction of sp³-hybridized carbons (Fsp3) is 0.889. The molecule has 0 aliphatic heterocycles. The van der Waals surface area contributed by atoms with E-state index in [1.54, 1.807) is 0 Å². The minimum Gasteiger partial charge on any atom is -0.316 e. The third-order valence-corrected chi connectivity index (χ3v) is 2.49. The summed E-state index contributed by atoms with van der Waals surface area (Å²) in [5.74, 6) is 1.95. The molecule has 2 nitrogen and oxygen atoms in total. The maximum Gasteiger partial charge on any atom is 0.0622 e. The molecule has 0 fully saturated rings. The largest absolute Gasteiger partial charge is 0.316 e. The highest BCUT2D eigenvalue weighted by Gasteiger charge is 1.98. The molecular formula is C9H18N2S. The maximum absolute atomic E-state index is 8.28. The van der Waals surface area contributed by atoms with Crippen LogP contribution in [0.15, 0.2) is 0 Å². The van der Waals surface area contributed by atoms with Crippen LogP contribution in [0, 0.1) is 17.2 Å². The van der Waals surface area contributed by atoms with Crippen LogP contribution >= 0.6 is 11.8 Å². The van der Waals surface area contributed by atoms with E-state index in [1.165, 1.54) is 5.75 Å². The van der Waals surface area contributed by atoms with E-state index < -0.39 is 0 Å². The minimum absolute atomic E-state index is 0.671. The number of hydrogen-bond donors (Lipinski definition) is 1. The van der Waals surface area contributed by atoms with Gasteiger partial charge in [0.15, 0.2) is 0 Å². The third kappa shape index (κ3) is 7.90. The molecule has 70 valence electrons. The van der Waals surface area contributed by atoms with Crippen LogP contribution in [-0.2, 0) is 0 Å². The molecule has 0 saturated heterocycles. The molecule has 0 saturated carbocycles. The Balaban J connectivity index is 3.04. The van der Waals surface area contributed by atoms with E-state index in [0.717, 1.165) is 25.4 Å². The van der Waals surface area contributed by atoms with Gasteiger partial charge in [-0.05, 0) is 37.4 Å². The zero-order valence-corrected chi connectivity index (χ0v) is 8.78. The van der Waals surface area contributed by atoms with Crippen LogP contribution in [0.25, 0.3) is 0 Å². The first-order chi connectivity index (χ1) is 5.81. The first kappa shape index (κ1) is 11.8. The predicted molar refractivity (Wildman–Crippen MR) is 55.3 cm³/mol. The van der Waals surface area contributed by atoms with Crippen LogP contribution in [0.2, 0.25) is 0 Å². The normalized spacial score (nSPS) is 12.4. The van der Waals surface area contributed by atoms with Crippen molar-refractivity contribution in [3.63, 3.8) is 0 Å². The molecule has 0 aromatic rings. The Morgan fingerprint density at radius 2 is 2.33 bits per heavy atom. The van der Waals surface area contributed by atoms with Gasteiger partial charge in [-0.25, -0.2) is 0 Å². The molecule has 0 aliphatic carbocycles. The van der Waals surface area contributed by atoms with Gasteiger partial charge in [0.05, 0.1) is 6.07 Å². The predicted octanol–water partition coefficient (Wildman–Crippen LogP) is 1.88. The van der Waals surface area contributed by atoms with Crippen LogP contribution in [0.4, 0.5) is 0 Å². The van der Waals surface area contributed by atoms with Gasteiger partial charge in [-0.2, -0.15) is 17.0 Å². The van der Waals surface area contributed by atoms with Gasteiger partial charge in [0.25, 0.3) is 0 Å². The van der Waals surface area contributed by atoms with Crippen molar-refractivity contribution in [2.45, 2.75) is 19.8 Å². The van der Waals surface area contributed by atoms with Gasteiger partial charge in [0, 0.05) is 6.42 Å². The highest BCUT2D eigenvalue weighted by molar-refractivity contribution is 7.98. The van der Waals surface area contributed by atoms with Gasteiger partial charge in [-0.3, -0.25) is 0 Å². The highest BCUT2D eigenvalue weighted by atomic mass is 32.2. The Morgan fingerprint density at radius 1 is 1.58 bits per heavy atom. The van der Waals surface area contributed by atoms with Crippen molar-refractivity contribution in [1.29, 1.82) is 5.26 Å². The molecule has 0 rings (SSSR count). The lowest BCUT2D eigenvalue weighted by Crippen LogP contribution is -2.23. The Bertz CT molecular complexity index is 131. The summed E-state index contributed by atoms with van der Waals surface area (Å²) in [5.41, 5.74) is 0. The summed E-state index contributed by atoms with van der Waals surface area (Å²) in [6.45, 7) is 4.30. The summed E-state index contributed by atoms with van der Waals surface area (Å²) in [6.07, 6.45) is 3.78.